The molecule has 0 atom stereocenters. The van der Waals surface area contributed by atoms with Crippen LogP contribution < -0.4 is 5.73 Å². The molecular formula is C11H15N3O. The Kier molecular flexibility index (Phi) is 2.85. The Bertz CT molecular complexity index is 450. The summed E-state index contributed by atoms with van der Waals surface area (Å²) in [5.74, 6) is 1.30. The van der Waals surface area contributed by atoms with E-state index in [1.54, 1.807) is 12.3 Å². The molecule has 2 aromatic heterocycles. The van der Waals surface area contributed by atoms with Crippen molar-refractivity contribution in [3.63, 3.8) is 0 Å². The second-order valence-electron chi connectivity index (χ2n) is 3.62. The molecule has 0 radical (unpaired) electrons. The first-order valence-electron chi connectivity index (χ1n) is 5.31. The average molecular weight is 205 g/mol. The van der Waals surface area contributed by atoms with Crippen molar-refractivity contribution in [3.05, 3.63) is 18.2 Å². The van der Waals surface area contributed by atoms with Crippen LogP contribution in [0.25, 0.3) is 11.1 Å². The summed E-state index contributed by atoms with van der Waals surface area (Å²) in [6.45, 7) is 2.17. The molecule has 0 aliphatic carbocycles. The molecule has 0 fully saturated rings. The van der Waals surface area contributed by atoms with Crippen molar-refractivity contribution in [1.29, 1.82) is 0 Å². The van der Waals surface area contributed by atoms with E-state index in [9.17, 15) is 0 Å². The number of nitrogen functional groups attached to an aromatic ring is 1. The van der Waals surface area contributed by atoms with Gasteiger partial charge in [0.1, 0.15) is 11.6 Å². The lowest BCUT2D eigenvalue weighted by Gasteiger charge is -2.00. The maximum atomic E-state index is 5.79. The SMILES string of the molecule is CCCCCc1nc(N)c2ccoc2n1. The Labute approximate surface area is 88.5 Å². The summed E-state index contributed by atoms with van der Waals surface area (Å²) in [6.07, 6.45) is 5.94. The van der Waals surface area contributed by atoms with Crippen LogP contribution in [0.3, 0.4) is 0 Å². The van der Waals surface area contributed by atoms with E-state index < -0.39 is 0 Å². The Morgan fingerprint density at radius 1 is 1.33 bits per heavy atom. The monoisotopic (exact) mass is 205 g/mol. The van der Waals surface area contributed by atoms with Crippen molar-refractivity contribution in [3.8, 4) is 0 Å². The Hall–Kier alpha value is -1.58. The maximum Gasteiger partial charge on any atom is 0.231 e. The van der Waals surface area contributed by atoms with Crippen LogP contribution in [0.1, 0.15) is 32.0 Å². The van der Waals surface area contributed by atoms with Crippen molar-refractivity contribution < 1.29 is 4.42 Å². The molecule has 0 saturated carbocycles. The standard InChI is InChI=1S/C11H15N3O/c1-2-3-4-5-9-13-10(12)8-6-7-15-11(8)14-9/h6-7H,2-5H2,1H3,(H2,12,13,14). The molecule has 2 rings (SSSR count). The van der Waals surface area contributed by atoms with Crippen LogP contribution in [-0.2, 0) is 6.42 Å². The number of hydrogen-bond donors (Lipinski definition) is 1. The van der Waals surface area contributed by atoms with Crippen molar-refractivity contribution in [2.75, 3.05) is 5.73 Å². The zero-order valence-corrected chi connectivity index (χ0v) is 8.86. The molecule has 0 amide bonds. The van der Waals surface area contributed by atoms with Crippen LogP contribution in [0.15, 0.2) is 16.7 Å². The second-order valence-corrected chi connectivity index (χ2v) is 3.62. The van der Waals surface area contributed by atoms with Crippen LogP contribution in [0.2, 0.25) is 0 Å². The van der Waals surface area contributed by atoms with E-state index in [0.29, 0.717) is 11.5 Å². The maximum absolute atomic E-state index is 5.79. The summed E-state index contributed by atoms with van der Waals surface area (Å²) >= 11 is 0. The lowest BCUT2D eigenvalue weighted by molar-refractivity contribution is 0.597. The van der Waals surface area contributed by atoms with Gasteiger partial charge < -0.3 is 10.2 Å². The number of furan rings is 1. The molecule has 4 heteroatoms. The first kappa shape index (κ1) is 9.96. The van der Waals surface area contributed by atoms with Crippen LogP contribution in [0, 0.1) is 0 Å². The number of nitrogens with two attached hydrogens (primary N) is 1. The molecule has 2 aromatic rings. The predicted molar refractivity (Wildman–Crippen MR) is 59.4 cm³/mol. The Morgan fingerprint density at radius 2 is 2.20 bits per heavy atom. The van der Waals surface area contributed by atoms with Gasteiger partial charge in [-0.2, -0.15) is 4.98 Å². The largest absolute Gasteiger partial charge is 0.446 e. The van der Waals surface area contributed by atoms with Gasteiger partial charge in [0, 0.05) is 6.42 Å². The molecule has 0 spiro atoms. The quantitative estimate of drug-likeness (QED) is 0.779. The number of anilines is 1. The molecule has 4 nitrogen and oxygen atoms in total. The molecule has 2 N–H and O–H groups in total. The molecule has 0 unspecified atom stereocenters. The first-order chi connectivity index (χ1) is 7.31. The van der Waals surface area contributed by atoms with Crippen LogP contribution in [-0.4, -0.2) is 9.97 Å². The van der Waals surface area contributed by atoms with E-state index in [1.807, 2.05) is 0 Å². The fourth-order valence-electron chi connectivity index (χ4n) is 1.57. The van der Waals surface area contributed by atoms with Crippen molar-refractivity contribution >= 4 is 16.9 Å². The minimum Gasteiger partial charge on any atom is -0.446 e. The summed E-state index contributed by atoms with van der Waals surface area (Å²) in [7, 11) is 0. The summed E-state index contributed by atoms with van der Waals surface area (Å²) < 4.78 is 5.21. The highest BCUT2D eigenvalue weighted by molar-refractivity contribution is 5.83. The van der Waals surface area contributed by atoms with Gasteiger partial charge in [-0.3, -0.25) is 0 Å². The number of aryl methyl sites for hydroxylation is 1. The zero-order chi connectivity index (χ0) is 10.7. The van der Waals surface area contributed by atoms with E-state index in [0.717, 1.165) is 24.1 Å². The number of unbranched alkanes of at least 4 members (excludes halogenated alkanes) is 2. The van der Waals surface area contributed by atoms with Gasteiger partial charge in [0.15, 0.2) is 0 Å². The highest BCUT2D eigenvalue weighted by Gasteiger charge is 2.06. The summed E-state index contributed by atoms with van der Waals surface area (Å²) in [5.41, 5.74) is 6.39. The van der Waals surface area contributed by atoms with Gasteiger partial charge in [-0.1, -0.05) is 19.8 Å². The summed E-state index contributed by atoms with van der Waals surface area (Å²) in [6, 6.07) is 1.79. The highest BCUT2D eigenvalue weighted by Crippen LogP contribution is 2.18. The summed E-state index contributed by atoms with van der Waals surface area (Å²) in [4.78, 5) is 8.56. The lowest BCUT2D eigenvalue weighted by atomic mass is 10.2. The third-order valence-electron chi connectivity index (χ3n) is 2.40. The van der Waals surface area contributed by atoms with Gasteiger partial charge in [-0.05, 0) is 12.5 Å². The minimum atomic E-state index is 0.514. The minimum absolute atomic E-state index is 0.514. The number of aromatic nitrogens is 2. The van der Waals surface area contributed by atoms with Crippen LogP contribution in [0.4, 0.5) is 5.82 Å². The number of hydrogen-bond acceptors (Lipinski definition) is 4. The van der Waals surface area contributed by atoms with Crippen molar-refractivity contribution in [2.24, 2.45) is 0 Å². The summed E-state index contributed by atoms with van der Waals surface area (Å²) in [5, 5.41) is 0.800. The highest BCUT2D eigenvalue weighted by atomic mass is 16.3. The number of rotatable bonds is 4. The van der Waals surface area contributed by atoms with E-state index in [2.05, 4.69) is 16.9 Å². The number of fused-ring (bicyclic) bond motifs is 1. The van der Waals surface area contributed by atoms with Crippen molar-refractivity contribution in [1.82, 2.24) is 9.97 Å². The molecular weight excluding hydrogens is 190 g/mol. The topological polar surface area (TPSA) is 64.9 Å². The average Bonchev–Trinajstić information content (AvgIpc) is 2.66. The molecule has 0 aromatic carbocycles. The lowest BCUT2D eigenvalue weighted by Crippen LogP contribution is -2.00. The van der Waals surface area contributed by atoms with E-state index in [-0.39, 0.29) is 0 Å². The molecule has 0 saturated heterocycles. The molecule has 80 valence electrons. The van der Waals surface area contributed by atoms with E-state index in [4.69, 9.17) is 10.2 Å². The molecule has 2 heterocycles. The van der Waals surface area contributed by atoms with Crippen LogP contribution >= 0.6 is 0 Å². The molecule has 0 aliphatic rings. The fraction of sp³-hybridized carbons (Fsp3) is 0.455. The van der Waals surface area contributed by atoms with Gasteiger partial charge in [0.2, 0.25) is 5.71 Å². The van der Waals surface area contributed by atoms with E-state index >= 15 is 0 Å². The van der Waals surface area contributed by atoms with E-state index in [1.165, 1.54) is 12.8 Å². The molecule has 0 aliphatic heterocycles. The smallest absolute Gasteiger partial charge is 0.231 e. The van der Waals surface area contributed by atoms with Gasteiger partial charge in [0.25, 0.3) is 0 Å². The van der Waals surface area contributed by atoms with Gasteiger partial charge in [0.05, 0.1) is 11.6 Å². The normalized spacial score (nSPS) is 11.0. The predicted octanol–water partition coefficient (Wildman–Crippen LogP) is 2.54. The Balaban J connectivity index is 2.21. The molecule has 15 heavy (non-hydrogen) atoms. The first-order valence-corrected chi connectivity index (χ1v) is 5.31. The molecule has 0 bridgehead atoms. The van der Waals surface area contributed by atoms with Gasteiger partial charge in [-0.15, -0.1) is 0 Å². The zero-order valence-electron chi connectivity index (χ0n) is 8.86. The van der Waals surface area contributed by atoms with Crippen molar-refractivity contribution in [2.45, 2.75) is 32.6 Å². The van der Waals surface area contributed by atoms with Gasteiger partial charge in [-0.25, -0.2) is 4.98 Å². The Morgan fingerprint density at radius 3 is 3.00 bits per heavy atom. The second kappa shape index (κ2) is 4.29. The fourth-order valence-corrected chi connectivity index (χ4v) is 1.57. The third kappa shape index (κ3) is 2.09. The third-order valence-corrected chi connectivity index (χ3v) is 2.40. The van der Waals surface area contributed by atoms with Crippen LogP contribution in [0.5, 0.6) is 0 Å². The van der Waals surface area contributed by atoms with Gasteiger partial charge >= 0.3 is 0 Å². The number of nitrogens with zero attached hydrogens (tertiary/aromatic N) is 2.